The second-order valence-corrected chi connectivity index (χ2v) is 7.40. The number of rotatable bonds is 4. The van der Waals surface area contributed by atoms with E-state index >= 15 is 0 Å². The van der Waals surface area contributed by atoms with Gasteiger partial charge in [0.05, 0.1) is 5.75 Å². The van der Waals surface area contributed by atoms with Gasteiger partial charge in [-0.05, 0) is 31.6 Å². The molecule has 2 aliphatic rings. The number of carbonyl (C=O) groups is 1. The van der Waals surface area contributed by atoms with Crippen molar-refractivity contribution in [1.82, 2.24) is 5.32 Å². The van der Waals surface area contributed by atoms with Crippen LogP contribution in [0, 0.1) is 5.92 Å². The Kier molecular flexibility index (Phi) is 3.73. The average molecular weight is 260 g/mol. The summed E-state index contributed by atoms with van der Waals surface area (Å²) in [6, 6.07) is -0.0229. The molecule has 0 spiro atoms. The Labute approximate surface area is 102 Å². The standard InChI is InChI=1S/C11H20N2O3S/c12-9(8-4-5-8)7-13-11(14)10-3-1-2-6-17(10,15)16/h8-10H,1-7,12H2,(H,13,14). The van der Waals surface area contributed by atoms with Crippen molar-refractivity contribution in [1.29, 1.82) is 0 Å². The zero-order valence-electron chi connectivity index (χ0n) is 9.89. The number of nitrogens with two attached hydrogens (primary N) is 1. The number of hydrogen-bond acceptors (Lipinski definition) is 4. The largest absolute Gasteiger partial charge is 0.353 e. The molecule has 5 nitrogen and oxygen atoms in total. The van der Waals surface area contributed by atoms with Crippen LogP contribution in [0.15, 0.2) is 0 Å². The quantitative estimate of drug-likeness (QED) is 0.733. The maximum Gasteiger partial charge on any atom is 0.238 e. The van der Waals surface area contributed by atoms with E-state index in [1.807, 2.05) is 0 Å². The van der Waals surface area contributed by atoms with Gasteiger partial charge in [-0.25, -0.2) is 8.42 Å². The highest BCUT2D eigenvalue weighted by Crippen LogP contribution is 2.31. The molecule has 2 rings (SSSR count). The highest BCUT2D eigenvalue weighted by molar-refractivity contribution is 7.92. The van der Waals surface area contributed by atoms with E-state index in [4.69, 9.17) is 5.73 Å². The Balaban J connectivity index is 1.85. The number of hydrogen-bond donors (Lipinski definition) is 2. The third kappa shape index (κ3) is 3.19. The number of carbonyl (C=O) groups excluding carboxylic acids is 1. The van der Waals surface area contributed by atoms with E-state index < -0.39 is 15.1 Å². The van der Waals surface area contributed by atoms with Crippen LogP contribution < -0.4 is 11.1 Å². The van der Waals surface area contributed by atoms with Crippen LogP contribution in [-0.4, -0.2) is 37.9 Å². The van der Waals surface area contributed by atoms with Gasteiger partial charge in [0.1, 0.15) is 5.25 Å². The maximum absolute atomic E-state index is 11.8. The Morgan fingerprint density at radius 2 is 2.00 bits per heavy atom. The van der Waals surface area contributed by atoms with E-state index in [2.05, 4.69) is 5.32 Å². The molecule has 0 bridgehead atoms. The molecule has 17 heavy (non-hydrogen) atoms. The van der Waals surface area contributed by atoms with Gasteiger partial charge in [0.15, 0.2) is 9.84 Å². The normalized spacial score (nSPS) is 29.6. The number of sulfone groups is 1. The Morgan fingerprint density at radius 1 is 1.29 bits per heavy atom. The van der Waals surface area contributed by atoms with E-state index in [0.717, 1.165) is 19.3 Å². The molecular weight excluding hydrogens is 240 g/mol. The van der Waals surface area contributed by atoms with Crippen LogP contribution >= 0.6 is 0 Å². The zero-order valence-corrected chi connectivity index (χ0v) is 10.7. The minimum atomic E-state index is -3.23. The minimum absolute atomic E-state index is 0.0229. The molecule has 98 valence electrons. The SMILES string of the molecule is NC(CNC(=O)C1CCCCS1(=O)=O)C1CC1. The summed E-state index contributed by atoms with van der Waals surface area (Å²) >= 11 is 0. The van der Waals surface area contributed by atoms with Gasteiger partial charge >= 0.3 is 0 Å². The molecule has 0 aromatic carbocycles. The van der Waals surface area contributed by atoms with Crippen molar-refractivity contribution < 1.29 is 13.2 Å². The van der Waals surface area contributed by atoms with Crippen LogP contribution in [0.3, 0.4) is 0 Å². The van der Waals surface area contributed by atoms with E-state index in [1.54, 1.807) is 0 Å². The Morgan fingerprint density at radius 3 is 2.59 bits per heavy atom. The van der Waals surface area contributed by atoms with Gasteiger partial charge in [-0.3, -0.25) is 4.79 Å². The zero-order chi connectivity index (χ0) is 12.5. The molecule has 0 aromatic heterocycles. The first-order valence-corrected chi connectivity index (χ1v) is 7.97. The van der Waals surface area contributed by atoms with Crippen LogP contribution in [0.2, 0.25) is 0 Å². The monoisotopic (exact) mass is 260 g/mol. The van der Waals surface area contributed by atoms with Crippen molar-refractivity contribution in [2.24, 2.45) is 11.7 Å². The summed E-state index contributed by atoms with van der Waals surface area (Å²) in [6.45, 7) is 0.398. The smallest absolute Gasteiger partial charge is 0.238 e. The van der Waals surface area contributed by atoms with Crippen LogP contribution in [0.5, 0.6) is 0 Å². The van der Waals surface area contributed by atoms with Crippen molar-refractivity contribution in [3.8, 4) is 0 Å². The highest BCUT2D eigenvalue weighted by atomic mass is 32.2. The summed E-state index contributed by atoms with van der Waals surface area (Å²) in [7, 11) is -3.23. The molecule has 1 aliphatic carbocycles. The molecule has 2 unspecified atom stereocenters. The van der Waals surface area contributed by atoms with E-state index in [9.17, 15) is 13.2 Å². The first kappa shape index (κ1) is 12.8. The van der Waals surface area contributed by atoms with Crippen LogP contribution in [0.1, 0.15) is 32.1 Å². The van der Waals surface area contributed by atoms with Crippen molar-refractivity contribution in [3.05, 3.63) is 0 Å². The third-order valence-electron chi connectivity index (χ3n) is 3.61. The molecule has 2 atom stereocenters. The van der Waals surface area contributed by atoms with Crippen LogP contribution in [-0.2, 0) is 14.6 Å². The summed E-state index contributed by atoms with van der Waals surface area (Å²) < 4.78 is 23.4. The van der Waals surface area contributed by atoms with Crippen molar-refractivity contribution in [3.63, 3.8) is 0 Å². The van der Waals surface area contributed by atoms with Gasteiger partial charge < -0.3 is 11.1 Å². The summed E-state index contributed by atoms with van der Waals surface area (Å²) in [5.74, 6) is 0.291. The van der Waals surface area contributed by atoms with Crippen LogP contribution in [0.4, 0.5) is 0 Å². The fourth-order valence-electron chi connectivity index (χ4n) is 2.27. The molecule has 3 N–H and O–H groups in total. The molecular formula is C11H20N2O3S. The Hall–Kier alpha value is -0.620. The molecule has 0 aromatic rings. The van der Waals surface area contributed by atoms with Gasteiger partial charge in [-0.1, -0.05) is 6.42 Å². The predicted octanol–water partition coefficient (Wildman–Crippen LogP) is -0.193. The lowest BCUT2D eigenvalue weighted by Crippen LogP contribution is -2.47. The summed E-state index contributed by atoms with van der Waals surface area (Å²) in [6.07, 6.45) is 4.18. The van der Waals surface area contributed by atoms with Gasteiger partial charge in [0.25, 0.3) is 0 Å². The molecule has 1 saturated carbocycles. The topological polar surface area (TPSA) is 89.3 Å². The molecule has 1 heterocycles. The summed E-state index contributed by atoms with van der Waals surface area (Å²) in [5, 5.41) is 1.84. The lowest BCUT2D eigenvalue weighted by atomic mass is 10.1. The van der Waals surface area contributed by atoms with Crippen molar-refractivity contribution >= 4 is 15.7 Å². The number of nitrogens with one attached hydrogen (secondary N) is 1. The minimum Gasteiger partial charge on any atom is -0.353 e. The van der Waals surface area contributed by atoms with Gasteiger partial charge in [0.2, 0.25) is 5.91 Å². The van der Waals surface area contributed by atoms with Gasteiger partial charge in [-0.15, -0.1) is 0 Å². The van der Waals surface area contributed by atoms with Crippen molar-refractivity contribution in [2.45, 2.75) is 43.4 Å². The second-order valence-electron chi connectivity index (χ2n) is 5.10. The predicted molar refractivity (Wildman–Crippen MR) is 65.1 cm³/mol. The van der Waals surface area contributed by atoms with Crippen molar-refractivity contribution in [2.75, 3.05) is 12.3 Å². The molecule has 6 heteroatoms. The Bertz CT molecular complexity index is 390. The summed E-state index contributed by atoms with van der Waals surface area (Å²) in [4.78, 5) is 11.8. The van der Waals surface area contributed by atoms with Crippen LogP contribution in [0.25, 0.3) is 0 Å². The molecule has 1 aliphatic heterocycles. The average Bonchev–Trinajstić information content (AvgIpc) is 3.08. The first-order chi connectivity index (χ1) is 8.00. The third-order valence-corrected chi connectivity index (χ3v) is 5.79. The van der Waals surface area contributed by atoms with E-state index in [1.165, 1.54) is 0 Å². The molecule has 0 radical (unpaired) electrons. The molecule has 2 fully saturated rings. The number of amides is 1. The maximum atomic E-state index is 11.8. The van der Waals surface area contributed by atoms with E-state index in [-0.39, 0.29) is 17.7 Å². The highest BCUT2D eigenvalue weighted by Gasteiger charge is 2.35. The lowest BCUT2D eigenvalue weighted by molar-refractivity contribution is -0.120. The fraction of sp³-hybridized carbons (Fsp3) is 0.909. The van der Waals surface area contributed by atoms with E-state index in [0.29, 0.717) is 25.3 Å². The lowest BCUT2D eigenvalue weighted by Gasteiger charge is -2.22. The summed E-state index contributed by atoms with van der Waals surface area (Å²) in [5.41, 5.74) is 5.86. The molecule has 1 saturated heterocycles. The second kappa shape index (κ2) is 4.94. The van der Waals surface area contributed by atoms with Gasteiger partial charge in [-0.2, -0.15) is 0 Å². The fourth-order valence-corrected chi connectivity index (χ4v) is 4.10. The van der Waals surface area contributed by atoms with Gasteiger partial charge in [0, 0.05) is 12.6 Å². The first-order valence-electron chi connectivity index (χ1n) is 6.25. The molecule has 1 amide bonds.